The number of ether oxygens (including phenoxy) is 1. The van der Waals surface area contributed by atoms with Gasteiger partial charge in [-0.05, 0) is 31.5 Å². The number of rotatable bonds is 4. The second kappa shape index (κ2) is 5.71. The zero-order valence-corrected chi connectivity index (χ0v) is 10.9. The molecule has 1 fully saturated rings. The lowest BCUT2D eigenvalue weighted by Gasteiger charge is -2.13. The van der Waals surface area contributed by atoms with Crippen molar-refractivity contribution in [2.75, 3.05) is 12.4 Å². The van der Waals surface area contributed by atoms with Crippen LogP contribution >= 0.6 is 11.8 Å². The molecule has 3 nitrogen and oxygen atoms in total. The SMILES string of the molecule is CC1OCCC1SCC(=O)c1cc(F)ccc1O. The number of hydrogen-bond donors (Lipinski definition) is 1. The molecule has 1 aliphatic heterocycles. The molecule has 98 valence electrons. The number of benzene rings is 1. The van der Waals surface area contributed by atoms with E-state index in [9.17, 15) is 14.3 Å². The minimum atomic E-state index is -0.515. The van der Waals surface area contributed by atoms with Gasteiger partial charge in [0.15, 0.2) is 5.78 Å². The molecule has 0 radical (unpaired) electrons. The van der Waals surface area contributed by atoms with Gasteiger partial charge in [0, 0.05) is 11.9 Å². The van der Waals surface area contributed by atoms with Crippen LogP contribution in [0.2, 0.25) is 0 Å². The van der Waals surface area contributed by atoms with E-state index in [1.54, 1.807) is 0 Å². The first kappa shape index (κ1) is 13.4. The summed E-state index contributed by atoms with van der Waals surface area (Å²) in [4.78, 5) is 11.9. The molecular formula is C13H15FO3S. The Balaban J connectivity index is 1.97. The number of halogens is 1. The Bertz CT molecular complexity index is 450. The Morgan fingerprint density at radius 2 is 2.39 bits per heavy atom. The van der Waals surface area contributed by atoms with Gasteiger partial charge in [-0.3, -0.25) is 4.79 Å². The molecule has 2 unspecified atom stereocenters. The van der Waals surface area contributed by atoms with Crippen LogP contribution in [0.25, 0.3) is 0 Å². The Morgan fingerprint density at radius 3 is 3.06 bits per heavy atom. The predicted molar refractivity (Wildman–Crippen MR) is 68.7 cm³/mol. The van der Waals surface area contributed by atoms with Gasteiger partial charge in [-0.1, -0.05) is 0 Å². The number of phenolic OH excluding ortho intramolecular Hbond substituents is 1. The summed E-state index contributed by atoms with van der Waals surface area (Å²) in [5.41, 5.74) is 0.0501. The van der Waals surface area contributed by atoms with Crippen molar-refractivity contribution < 1.29 is 19.0 Å². The highest BCUT2D eigenvalue weighted by atomic mass is 32.2. The van der Waals surface area contributed by atoms with Crippen LogP contribution < -0.4 is 0 Å². The summed E-state index contributed by atoms with van der Waals surface area (Å²) < 4.78 is 18.4. The van der Waals surface area contributed by atoms with Crippen LogP contribution in [0.5, 0.6) is 5.75 Å². The maximum atomic E-state index is 13.0. The Hall–Kier alpha value is -1.07. The fraction of sp³-hybridized carbons (Fsp3) is 0.462. The van der Waals surface area contributed by atoms with Gasteiger partial charge < -0.3 is 9.84 Å². The summed E-state index contributed by atoms with van der Waals surface area (Å²) >= 11 is 1.50. The fourth-order valence-corrected chi connectivity index (χ4v) is 3.06. The van der Waals surface area contributed by atoms with Crippen molar-refractivity contribution in [3.63, 3.8) is 0 Å². The molecule has 1 saturated heterocycles. The number of hydrogen-bond acceptors (Lipinski definition) is 4. The van der Waals surface area contributed by atoms with E-state index in [0.717, 1.165) is 25.2 Å². The van der Waals surface area contributed by atoms with Crippen LogP contribution in [0.4, 0.5) is 4.39 Å². The Morgan fingerprint density at radius 1 is 1.61 bits per heavy atom. The van der Waals surface area contributed by atoms with E-state index in [0.29, 0.717) is 5.25 Å². The third kappa shape index (κ3) is 3.03. The fourth-order valence-electron chi connectivity index (χ4n) is 1.92. The van der Waals surface area contributed by atoms with Crippen molar-refractivity contribution in [1.82, 2.24) is 0 Å². The van der Waals surface area contributed by atoms with Gasteiger partial charge in [-0.15, -0.1) is 11.8 Å². The predicted octanol–water partition coefficient (Wildman–Crippen LogP) is 2.62. The smallest absolute Gasteiger partial charge is 0.176 e. The molecule has 0 aromatic heterocycles. The van der Waals surface area contributed by atoms with Crippen LogP contribution in [-0.4, -0.2) is 34.6 Å². The largest absolute Gasteiger partial charge is 0.507 e. The molecule has 0 spiro atoms. The zero-order chi connectivity index (χ0) is 13.1. The zero-order valence-electron chi connectivity index (χ0n) is 10.1. The van der Waals surface area contributed by atoms with E-state index in [1.165, 1.54) is 17.8 Å². The molecular weight excluding hydrogens is 255 g/mol. The maximum Gasteiger partial charge on any atom is 0.176 e. The monoisotopic (exact) mass is 270 g/mol. The van der Waals surface area contributed by atoms with Gasteiger partial charge >= 0.3 is 0 Å². The number of Topliss-reactive ketones (excluding diaryl/α,β-unsaturated/α-hetero) is 1. The second-order valence-corrected chi connectivity index (χ2v) is 5.53. The minimum absolute atomic E-state index is 0.0501. The number of thioether (sulfide) groups is 1. The van der Waals surface area contributed by atoms with Gasteiger partial charge in [0.2, 0.25) is 0 Å². The molecule has 1 aromatic rings. The van der Waals surface area contributed by atoms with E-state index in [2.05, 4.69) is 0 Å². The molecule has 1 aliphatic rings. The average molecular weight is 270 g/mol. The van der Waals surface area contributed by atoms with Crippen LogP contribution in [0.1, 0.15) is 23.7 Å². The molecule has 0 saturated carbocycles. The van der Waals surface area contributed by atoms with Crippen molar-refractivity contribution >= 4 is 17.5 Å². The second-order valence-electron chi connectivity index (χ2n) is 4.30. The van der Waals surface area contributed by atoms with Crippen LogP contribution in [-0.2, 0) is 4.74 Å². The molecule has 5 heteroatoms. The molecule has 1 heterocycles. The molecule has 0 aliphatic carbocycles. The van der Waals surface area contributed by atoms with Crippen molar-refractivity contribution in [3.05, 3.63) is 29.6 Å². The normalized spacial score (nSPS) is 23.2. The highest BCUT2D eigenvalue weighted by Gasteiger charge is 2.25. The van der Waals surface area contributed by atoms with Crippen LogP contribution in [0.3, 0.4) is 0 Å². The summed E-state index contributed by atoms with van der Waals surface area (Å²) in [5.74, 6) is -0.706. The average Bonchev–Trinajstić information content (AvgIpc) is 2.75. The van der Waals surface area contributed by atoms with Gasteiger partial charge in [0.1, 0.15) is 11.6 Å². The van der Waals surface area contributed by atoms with Crippen molar-refractivity contribution in [1.29, 1.82) is 0 Å². The van der Waals surface area contributed by atoms with Crippen molar-refractivity contribution in [2.45, 2.75) is 24.7 Å². The summed E-state index contributed by atoms with van der Waals surface area (Å²) in [7, 11) is 0. The molecule has 2 rings (SSSR count). The van der Waals surface area contributed by atoms with E-state index < -0.39 is 5.82 Å². The standard InChI is InChI=1S/C13H15FO3S/c1-8-13(4-5-17-8)18-7-12(16)10-6-9(14)2-3-11(10)15/h2-3,6,8,13,15H,4-5,7H2,1H3. The lowest BCUT2D eigenvalue weighted by Crippen LogP contribution is -2.16. The van der Waals surface area contributed by atoms with E-state index in [1.807, 2.05) is 6.92 Å². The summed E-state index contributed by atoms with van der Waals surface area (Å²) in [5, 5.41) is 9.82. The number of carbonyl (C=O) groups is 1. The van der Waals surface area contributed by atoms with Gasteiger partial charge in [0.25, 0.3) is 0 Å². The van der Waals surface area contributed by atoms with Crippen LogP contribution in [0.15, 0.2) is 18.2 Å². The highest BCUT2D eigenvalue weighted by Crippen LogP contribution is 2.28. The third-order valence-corrected chi connectivity index (χ3v) is 4.47. The Kier molecular flexibility index (Phi) is 4.24. The number of carbonyl (C=O) groups excluding carboxylic acids is 1. The van der Waals surface area contributed by atoms with Crippen molar-refractivity contribution in [2.24, 2.45) is 0 Å². The summed E-state index contributed by atoms with van der Waals surface area (Å²) in [6.45, 7) is 2.70. The molecule has 2 atom stereocenters. The number of ketones is 1. The van der Waals surface area contributed by atoms with Crippen molar-refractivity contribution in [3.8, 4) is 5.75 Å². The molecule has 18 heavy (non-hydrogen) atoms. The summed E-state index contributed by atoms with van der Waals surface area (Å²) in [6, 6.07) is 3.41. The lowest BCUT2D eigenvalue weighted by molar-refractivity contribution is 0.101. The maximum absolute atomic E-state index is 13.0. The van der Waals surface area contributed by atoms with E-state index in [4.69, 9.17) is 4.74 Å². The molecule has 0 bridgehead atoms. The highest BCUT2D eigenvalue weighted by molar-refractivity contribution is 8.00. The Labute approximate surface area is 109 Å². The van der Waals surface area contributed by atoms with Gasteiger partial charge in [0.05, 0.1) is 17.4 Å². The van der Waals surface area contributed by atoms with Gasteiger partial charge in [-0.25, -0.2) is 4.39 Å². The third-order valence-electron chi connectivity index (χ3n) is 2.99. The van der Waals surface area contributed by atoms with E-state index >= 15 is 0 Å². The first-order chi connectivity index (χ1) is 8.58. The molecule has 1 N–H and O–H groups in total. The molecule has 1 aromatic carbocycles. The topological polar surface area (TPSA) is 46.5 Å². The first-order valence-corrected chi connectivity index (χ1v) is 6.87. The first-order valence-electron chi connectivity index (χ1n) is 5.83. The van der Waals surface area contributed by atoms with E-state index in [-0.39, 0.29) is 29.0 Å². The molecule has 0 amide bonds. The summed E-state index contributed by atoms with van der Waals surface area (Å²) in [6.07, 6.45) is 1.07. The lowest BCUT2D eigenvalue weighted by atomic mass is 10.1. The number of phenols is 1. The minimum Gasteiger partial charge on any atom is -0.507 e. The van der Waals surface area contributed by atoms with Crippen LogP contribution in [0, 0.1) is 5.82 Å². The quantitative estimate of drug-likeness (QED) is 0.854. The number of aromatic hydroxyl groups is 1. The van der Waals surface area contributed by atoms with Gasteiger partial charge in [-0.2, -0.15) is 0 Å².